The Balaban J connectivity index is 2.09. The van der Waals surface area contributed by atoms with Crippen LogP contribution in [0.3, 0.4) is 0 Å². The molecule has 6 nitrogen and oxygen atoms in total. The molecule has 19 heavy (non-hydrogen) atoms. The third-order valence-electron chi connectivity index (χ3n) is 2.76. The summed E-state index contributed by atoms with van der Waals surface area (Å²) < 4.78 is 5.50. The minimum Gasteiger partial charge on any atom is -0.377 e. The Morgan fingerprint density at radius 2 is 2.21 bits per heavy atom. The standard InChI is InChI=1S/C11H13Cl2N3O3/c12-8-3-10(11(16(17)18)4-9(8)13)15-6-7-5-14-1-2-19-7/h3-4,7,14-15H,1-2,5-6H2. The molecular formula is C11H13Cl2N3O3. The molecule has 1 fully saturated rings. The van der Waals surface area contributed by atoms with Crippen LogP contribution in [0.25, 0.3) is 0 Å². The topological polar surface area (TPSA) is 76.4 Å². The second kappa shape index (κ2) is 6.38. The molecule has 0 spiro atoms. The van der Waals surface area contributed by atoms with Gasteiger partial charge >= 0.3 is 0 Å². The number of anilines is 1. The zero-order chi connectivity index (χ0) is 13.8. The van der Waals surface area contributed by atoms with Gasteiger partial charge in [0.2, 0.25) is 0 Å². The molecule has 2 N–H and O–H groups in total. The van der Waals surface area contributed by atoms with Crippen LogP contribution in [-0.4, -0.2) is 37.3 Å². The predicted molar refractivity (Wildman–Crippen MR) is 74.2 cm³/mol. The van der Waals surface area contributed by atoms with Crippen molar-refractivity contribution in [3.63, 3.8) is 0 Å². The van der Waals surface area contributed by atoms with Crippen LogP contribution in [0.4, 0.5) is 11.4 Å². The third kappa shape index (κ3) is 3.70. The van der Waals surface area contributed by atoms with E-state index in [0.717, 1.165) is 6.54 Å². The fourth-order valence-electron chi connectivity index (χ4n) is 1.80. The lowest BCUT2D eigenvalue weighted by atomic mass is 10.2. The molecule has 1 aliphatic heterocycles. The number of morpholine rings is 1. The largest absolute Gasteiger partial charge is 0.377 e. The summed E-state index contributed by atoms with van der Waals surface area (Å²) in [6.07, 6.45) is -0.0252. The summed E-state index contributed by atoms with van der Waals surface area (Å²) >= 11 is 11.7. The highest BCUT2D eigenvalue weighted by atomic mass is 35.5. The van der Waals surface area contributed by atoms with Gasteiger partial charge in [-0.15, -0.1) is 0 Å². The first kappa shape index (κ1) is 14.3. The van der Waals surface area contributed by atoms with Gasteiger partial charge in [-0.25, -0.2) is 0 Å². The van der Waals surface area contributed by atoms with Gasteiger partial charge in [-0.3, -0.25) is 10.1 Å². The SMILES string of the molecule is O=[N+]([O-])c1cc(Cl)c(Cl)cc1NCC1CNCCO1. The van der Waals surface area contributed by atoms with Crippen molar-refractivity contribution in [2.75, 3.05) is 31.6 Å². The number of nitro groups is 1. The smallest absolute Gasteiger partial charge is 0.293 e. The highest BCUT2D eigenvalue weighted by Gasteiger charge is 2.19. The molecule has 0 radical (unpaired) electrons. The average molecular weight is 306 g/mol. The van der Waals surface area contributed by atoms with Gasteiger partial charge in [0.1, 0.15) is 5.69 Å². The molecule has 1 unspecified atom stereocenters. The number of nitro benzene ring substituents is 1. The Morgan fingerprint density at radius 1 is 1.47 bits per heavy atom. The Bertz CT molecular complexity index is 478. The Labute approximate surface area is 120 Å². The number of halogens is 2. The summed E-state index contributed by atoms with van der Waals surface area (Å²) in [6, 6.07) is 2.70. The summed E-state index contributed by atoms with van der Waals surface area (Å²) in [7, 11) is 0. The second-order valence-corrected chi connectivity index (χ2v) is 4.93. The molecule has 0 amide bonds. The lowest BCUT2D eigenvalue weighted by molar-refractivity contribution is -0.383. The van der Waals surface area contributed by atoms with Crippen LogP contribution in [0.1, 0.15) is 0 Å². The fourth-order valence-corrected chi connectivity index (χ4v) is 2.13. The molecule has 104 valence electrons. The number of nitrogens with one attached hydrogen (secondary N) is 2. The van der Waals surface area contributed by atoms with Gasteiger partial charge in [0.05, 0.1) is 27.7 Å². The molecule has 0 bridgehead atoms. The molecule has 0 saturated carbocycles. The van der Waals surface area contributed by atoms with Crippen LogP contribution < -0.4 is 10.6 Å². The summed E-state index contributed by atoms with van der Waals surface area (Å²) in [5, 5.41) is 17.6. The fraction of sp³-hybridized carbons (Fsp3) is 0.455. The maximum Gasteiger partial charge on any atom is 0.293 e. The minimum atomic E-state index is -0.496. The van der Waals surface area contributed by atoms with Gasteiger partial charge in [-0.1, -0.05) is 23.2 Å². The molecular weight excluding hydrogens is 293 g/mol. The van der Waals surface area contributed by atoms with Crippen molar-refractivity contribution in [2.45, 2.75) is 6.10 Å². The van der Waals surface area contributed by atoms with E-state index >= 15 is 0 Å². The van der Waals surface area contributed by atoms with E-state index in [1.807, 2.05) is 0 Å². The number of benzene rings is 1. The highest BCUT2D eigenvalue weighted by Crippen LogP contribution is 2.33. The lowest BCUT2D eigenvalue weighted by Crippen LogP contribution is -2.42. The van der Waals surface area contributed by atoms with Crippen molar-refractivity contribution in [1.29, 1.82) is 0 Å². The second-order valence-electron chi connectivity index (χ2n) is 4.12. The molecule has 1 aromatic rings. The van der Waals surface area contributed by atoms with E-state index in [-0.39, 0.29) is 21.8 Å². The van der Waals surface area contributed by atoms with Crippen LogP contribution in [0.2, 0.25) is 10.0 Å². The quantitative estimate of drug-likeness (QED) is 0.659. The molecule has 8 heteroatoms. The normalized spacial score (nSPS) is 19.2. The maximum atomic E-state index is 11.0. The lowest BCUT2D eigenvalue weighted by Gasteiger charge is -2.24. The summed E-state index contributed by atoms with van der Waals surface area (Å²) in [5.74, 6) is 0. The van der Waals surface area contributed by atoms with E-state index in [0.29, 0.717) is 25.4 Å². The van der Waals surface area contributed by atoms with Gasteiger partial charge in [-0.2, -0.15) is 0 Å². The minimum absolute atomic E-state index is 0.0252. The number of nitrogens with zero attached hydrogens (tertiary/aromatic N) is 1. The van der Waals surface area contributed by atoms with Crippen molar-refractivity contribution in [1.82, 2.24) is 5.32 Å². The predicted octanol–water partition coefficient (Wildman–Crippen LogP) is 2.30. The summed E-state index contributed by atoms with van der Waals surface area (Å²) in [4.78, 5) is 10.5. The van der Waals surface area contributed by atoms with Crippen molar-refractivity contribution >= 4 is 34.6 Å². The van der Waals surface area contributed by atoms with Gasteiger partial charge in [0.25, 0.3) is 5.69 Å². The summed E-state index contributed by atoms with van der Waals surface area (Å²) in [6.45, 7) is 2.63. The van der Waals surface area contributed by atoms with Gasteiger partial charge in [-0.05, 0) is 6.07 Å². The molecule has 0 aromatic heterocycles. The molecule has 2 rings (SSSR count). The van der Waals surface area contributed by atoms with E-state index in [1.165, 1.54) is 12.1 Å². The van der Waals surface area contributed by atoms with Gasteiger partial charge < -0.3 is 15.4 Å². The molecule has 1 heterocycles. The van der Waals surface area contributed by atoms with E-state index in [4.69, 9.17) is 27.9 Å². The Morgan fingerprint density at radius 3 is 2.84 bits per heavy atom. The van der Waals surface area contributed by atoms with Crippen LogP contribution >= 0.6 is 23.2 Å². The first-order chi connectivity index (χ1) is 9.08. The monoisotopic (exact) mass is 305 g/mol. The summed E-state index contributed by atoms with van der Waals surface area (Å²) in [5.41, 5.74) is 0.242. The van der Waals surface area contributed by atoms with Gasteiger partial charge in [0.15, 0.2) is 0 Å². The molecule has 1 atom stereocenters. The Hall–Kier alpha value is -1.08. The number of hydrogen-bond donors (Lipinski definition) is 2. The van der Waals surface area contributed by atoms with E-state index < -0.39 is 4.92 Å². The van der Waals surface area contributed by atoms with Crippen LogP contribution in [-0.2, 0) is 4.74 Å². The van der Waals surface area contributed by atoms with Gasteiger partial charge in [0, 0.05) is 25.7 Å². The van der Waals surface area contributed by atoms with Crippen molar-refractivity contribution < 1.29 is 9.66 Å². The zero-order valence-electron chi connectivity index (χ0n) is 9.99. The molecule has 1 aromatic carbocycles. The molecule has 1 aliphatic rings. The highest BCUT2D eigenvalue weighted by molar-refractivity contribution is 6.42. The number of hydrogen-bond acceptors (Lipinski definition) is 5. The van der Waals surface area contributed by atoms with E-state index in [1.54, 1.807) is 0 Å². The van der Waals surface area contributed by atoms with E-state index in [9.17, 15) is 10.1 Å². The molecule has 1 saturated heterocycles. The van der Waals surface area contributed by atoms with Crippen molar-refractivity contribution in [3.05, 3.63) is 32.3 Å². The first-order valence-electron chi connectivity index (χ1n) is 5.77. The van der Waals surface area contributed by atoms with Crippen LogP contribution in [0.15, 0.2) is 12.1 Å². The van der Waals surface area contributed by atoms with Crippen LogP contribution in [0.5, 0.6) is 0 Å². The van der Waals surface area contributed by atoms with E-state index in [2.05, 4.69) is 10.6 Å². The number of ether oxygens (including phenoxy) is 1. The van der Waals surface area contributed by atoms with Crippen LogP contribution in [0, 0.1) is 10.1 Å². The number of rotatable bonds is 4. The Kier molecular flexibility index (Phi) is 4.81. The average Bonchev–Trinajstić information content (AvgIpc) is 2.40. The third-order valence-corrected chi connectivity index (χ3v) is 3.48. The maximum absolute atomic E-state index is 11.0. The molecule has 0 aliphatic carbocycles. The van der Waals surface area contributed by atoms with Crippen molar-refractivity contribution in [2.24, 2.45) is 0 Å². The zero-order valence-corrected chi connectivity index (χ0v) is 11.5. The van der Waals surface area contributed by atoms with Crippen molar-refractivity contribution in [3.8, 4) is 0 Å². The first-order valence-corrected chi connectivity index (χ1v) is 6.53.